The zero-order valence-corrected chi connectivity index (χ0v) is 10.7. The van der Waals surface area contributed by atoms with Crippen LogP contribution in [0.25, 0.3) is 0 Å². The van der Waals surface area contributed by atoms with Gasteiger partial charge in [0, 0.05) is 25.4 Å². The molecule has 1 fully saturated rings. The predicted molar refractivity (Wildman–Crippen MR) is 66.1 cm³/mol. The number of likely N-dealkylation sites (tertiary alicyclic amines) is 1. The third-order valence-corrected chi connectivity index (χ3v) is 3.15. The van der Waals surface area contributed by atoms with Crippen molar-refractivity contribution in [3.63, 3.8) is 0 Å². The number of nitrogens with zero attached hydrogens (tertiary/aromatic N) is 2. The normalized spacial score (nSPS) is 22.3. The van der Waals surface area contributed by atoms with Gasteiger partial charge in [-0.1, -0.05) is 6.07 Å². The van der Waals surface area contributed by atoms with Crippen molar-refractivity contribution in [3.05, 3.63) is 30.1 Å². The molecule has 2 unspecified atom stereocenters. The molecule has 19 heavy (non-hydrogen) atoms. The van der Waals surface area contributed by atoms with Crippen LogP contribution in [0.15, 0.2) is 24.5 Å². The number of aliphatic hydroxyl groups is 1. The smallest absolute Gasteiger partial charge is 0.328 e. The quantitative estimate of drug-likeness (QED) is 0.762. The molecule has 6 nitrogen and oxygen atoms in total. The maximum absolute atomic E-state index is 12.2. The van der Waals surface area contributed by atoms with Crippen molar-refractivity contribution in [2.75, 3.05) is 13.7 Å². The first-order valence-corrected chi connectivity index (χ1v) is 6.06. The van der Waals surface area contributed by atoms with E-state index in [-0.39, 0.29) is 25.3 Å². The number of β-amino-alcohol motifs (C(OH)–C–C–N with tert-alkyl or cyclic N) is 1. The number of rotatable bonds is 3. The second-order valence-corrected chi connectivity index (χ2v) is 4.51. The molecule has 1 amide bonds. The molecule has 6 heteroatoms. The van der Waals surface area contributed by atoms with Crippen LogP contribution in [0.1, 0.15) is 12.0 Å². The molecular formula is C13H16N2O4. The second kappa shape index (κ2) is 5.79. The Bertz CT molecular complexity index is 463. The standard InChI is InChI=1S/C13H16N2O4/c1-19-13(18)11-6-10(16)8-15(11)12(17)5-9-3-2-4-14-7-9/h2-4,7,10-11,16H,5-6,8H2,1H3. The summed E-state index contributed by atoms with van der Waals surface area (Å²) >= 11 is 0. The number of hydrogen-bond acceptors (Lipinski definition) is 5. The zero-order chi connectivity index (χ0) is 13.8. The molecule has 1 aromatic heterocycles. The molecule has 1 N–H and O–H groups in total. The molecule has 0 aliphatic carbocycles. The number of aromatic nitrogens is 1. The molecular weight excluding hydrogens is 248 g/mol. The Morgan fingerprint density at radius 2 is 2.37 bits per heavy atom. The first-order valence-electron chi connectivity index (χ1n) is 6.06. The van der Waals surface area contributed by atoms with E-state index in [4.69, 9.17) is 0 Å². The van der Waals surface area contributed by atoms with E-state index in [1.807, 2.05) is 0 Å². The summed E-state index contributed by atoms with van der Waals surface area (Å²) in [6, 6.07) is 2.85. The van der Waals surface area contributed by atoms with Gasteiger partial charge in [-0.3, -0.25) is 9.78 Å². The Kier molecular flexibility index (Phi) is 4.11. The first-order chi connectivity index (χ1) is 9.11. The minimum Gasteiger partial charge on any atom is -0.467 e. The van der Waals surface area contributed by atoms with Crippen molar-refractivity contribution in [3.8, 4) is 0 Å². The summed E-state index contributed by atoms with van der Waals surface area (Å²) < 4.78 is 4.66. The molecule has 1 aromatic rings. The van der Waals surface area contributed by atoms with Crippen LogP contribution in [0, 0.1) is 0 Å². The minimum atomic E-state index is -0.691. The van der Waals surface area contributed by atoms with Crippen molar-refractivity contribution < 1.29 is 19.4 Å². The maximum atomic E-state index is 12.2. The minimum absolute atomic E-state index is 0.161. The van der Waals surface area contributed by atoms with E-state index in [0.29, 0.717) is 0 Å². The summed E-state index contributed by atoms with van der Waals surface area (Å²) in [6.07, 6.45) is 2.95. The zero-order valence-electron chi connectivity index (χ0n) is 10.7. The lowest BCUT2D eigenvalue weighted by atomic mass is 10.1. The Balaban J connectivity index is 2.07. The third kappa shape index (κ3) is 3.08. The van der Waals surface area contributed by atoms with Crippen molar-refractivity contribution in [1.82, 2.24) is 9.88 Å². The molecule has 2 atom stereocenters. The average Bonchev–Trinajstić information content (AvgIpc) is 2.81. The van der Waals surface area contributed by atoms with E-state index in [2.05, 4.69) is 9.72 Å². The van der Waals surface area contributed by atoms with Gasteiger partial charge in [-0.15, -0.1) is 0 Å². The summed E-state index contributed by atoms with van der Waals surface area (Å²) in [5, 5.41) is 9.62. The van der Waals surface area contributed by atoms with Crippen LogP contribution in [-0.4, -0.2) is 52.7 Å². The van der Waals surface area contributed by atoms with Gasteiger partial charge in [-0.2, -0.15) is 0 Å². The van der Waals surface area contributed by atoms with Crippen molar-refractivity contribution in [2.24, 2.45) is 0 Å². The fraction of sp³-hybridized carbons (Fsp3) is 0.462. The van der Waals surface area contributed by atoms with E-state index in [0.717, 1.165) is 5.56 Å². The van der Waals surface area contributed by atoms with Gasteiger partial charge < -0.3 is 14.7 Å². The highest BCUT2D eigenvalue weighted by molar-refractivity contribution is 5.86. The van der Waals surface area contributed by atoms with Crippen LogP contribution in [0.3, 0.4) is 0 Å². The Labute approximate surface area is 111 Å². The lowest BCUT2D eigenvalue weighted by Crippen LogP contribution is -2.42. The van der Waals surface area contributed by atoms with Crippen LogP contribution >= 0.6 is 0 Å². The summed E-state index contributed by atoms with van der Waals surface area (Å²) in [7, 11) is 1.27. The van der Waals surface area contributed by atoms with E-state index >= 15 is 0 Å². The van der Waals surface area contributed by atoms with Gasteiger partial charge in [0.05, 0.1) is 19.6 Å². The molecule has 0 radical (unpaired) electrons. The SMILES string of the molecule is COC(=O)C1CC(O)CN1C(=O)Cc1cccnc1. The van der Waals surface area contributed by atoms with E-state index in [1.165, 1.54) is 12.0 Å². The highest BCUT2D eigenvalue weighted by atomic mass is 16.5. The van der Waals surface area contributed by atoms with Crippen molar-refractivity contribution in [2.45, 2.75) is 25.0 Å². The van der Waals surface area contributed by atoms with Gasteiger partial charge in [-0.05, 0) is 11.6 Å². The van der Waals surface area contributed by atoms with Gasteiger partial charge in [0.25, 0.3) is 0 Å². The number of esters is 1. The van der Waals surface area contributed by atoms with E-state index in [9.17, 15) is 14.7 Å². The molecule has 1 saturated heterocycles. The number of ether oxygens (including phenoxy) is 1. The van der Waals surface area contributed by atoms with E-state index < -0.39 is 18.1 Å². The molecule has 0 spiro atoms. The molecule has 0 bridgehead atoms. The summed E-state index contributed by atoms with van der Waals surface area (Å²) in [5.74, 6) is -0.698. The Morgan fingerprint density at radius 1 is 1.58 bits per heavy atom. The predicted octanol–water partition coefficient (Wildman–Crippen LogP) is -0.241. The van der Waals surface area contributed by atoms with Crippen LogP contribution in [-0.2, 0) is 20.7 Å². The van der Waals surface area contributed by atoms with Crippen LogP contribution in [0.4, 0.5) is 0 Å². The van der Waals surface area contributed by atoms with Gasteiger partial charge >= 0.3 is 5.97 Å². The molecule has 0 aromatic carbocycles. The average molecular weight is 264 g/mol. The lowest BCUT2D eigenvalue weighted by Gasteiger charge is -2.22. The second-order valence-electron chi connectivity index (χ2n) is 4.51. The highest BCUT2D eigenvalue weighted by Gasteiger charge is 2.39. The number of methoxy groups -OCH3 is 1. The topological polar surface area (TPSA) is 79.7 Å². The third-order valence-electron chi connectivity index (χ3n) is 3.15. The van der Waals surface area contributed by atoms with E-state index in [1.54, 1.807) is 24.5 Å². The van der Waals surface area contributed by atoms with Crippen LogP contribution < -0.4 is 0 Å². The number of pyridine rings is 1. The van der Waals surface area contributed by atoms with Crippen molar-refractivity contribution in [1.29, 1.82) is 0 Å². The maximum Gasteiger partial charge on any atom is 0.328 e. The van der Waals surface area contributed by atoms with Gasteiger partial charge in [-0.25, -0.2) is 4.79 Å². The summed E-state index contributed by atoms with van der Waals surface area (Å²) in [5.41, 5.74) is 0.775. The molecule has 102 valence electrons. The number of carbonyl (C=O) groups is 2. The molecule has 1 aliphatic rings. The summed E-state index contributed by atoms with van der Waals surface area (Å²) in [4.78, 5) is 29.1. The molecule has 2 rings (SSSR count). The van der Waals surface area contributed by atoms with Gasteiger partial charge in [0.1, 0.15) is 6.04 Å². The summed E-state index contributed by atoms with van der Waals surface area (Å²) in [6.45, 7) is 0.166. The molecule has 0 saturated carbocycles. The first kappa shape index (κ1) is 13.5. The lowest BCUT2D eigenvalue weighted by molar-refractivity contribution is -0.150. The Morgan fingerprint density at radius 3 is 3.00 bits per heavy atom. The highest BCUT2D eigenvalue weighted by Crippen LogP contribution is 2.20. The molecule has 1 aliphatic heterocycles. The van der Waals surface area contributed by atoms with Gasteiger partial charge in [0.2, 0.25) is 5.91 Å². The fourth-order valence-corrected chi connectivity index (χ4v) is 2.23. The van der Waals surface area contributed by atoms with Crippen molar-refractivity contribution >= 4 is 11.9 Å². The monoisotopic (exact) mass is 264 g/mol. The largest absolute Gasteiger partial charge is 0.467 e. The number of hydrogen-bond donors (Lipinski definition) is 1. The number of amides is 1. The van der Waals surface area contributed by atoms with Gasteiger partial charge in [0.15, 0.2) is 0 Å². The number of carbonyl (C=O) groups excluding carboxylic acids is 2. The van der Waals surface area contributed by atoms with Crippen LogP contribution in [0.5, 0.6) is 0 Å². The van der Waals surface area contributed by atoms with Crippen LogP contribution in [0.2, 0.25) is 0 Å². The Hall–Kier alpha value is -1.95. The number of aliphatic hydroxyl groups excluding tert-OH is 1. The molecule has 2 heterocycles. The fourth-order valence-electron chi connectivity index (χ4n) is 2.23.